The van der Waals surface area contributed by atoms with Gasteiger partial charge in [0.15, 0.2) is 23.2 Å². The van der Waals surface area contributed by atoms with E-state index >= 15 is 0 Å². The summed E-state index contributed by atoms with van der Waals surface area (Å²) in [5.74, 6) is 0.374. The van der Waals surface area contributed by atoms with Crippen LogP contribution in [0.1, 0.15) is 20.1 Å². The van der Waals surface area contributed by atoms with Gasteiger partial charge in [0.25, 0.3) is 0 Å². The summed E-state index contributed by atoms with van der Waals surface area (Å²) in [4.78, 5) is 29.9. The molecule has 0 bridgehead atoms. The molecule has 0 aliphatic rings. The van der Waals surface area contributed by atoms with Crippen molar-refractivity contribution in [3.63, 3.8) is 0 Å². The fourth-order valence-corrected chi connectivity index (χ4v) is 2.92. The third-order valence-corrected chi connectivity index (χ3v) is 4.32. The van der Waals surface area contributed by atoms with Crippen LogP contribution in [-0.4, -0.2) is 77.8 Å². The first kappa shape index (κ1) is 22.9. The number of imidazole rings is 1. The lowest BCUT2D eigenvalue weighted by molar-refractivity contribution is -0.122. The smallest absolute Gasteiger partial charge is 0.350 e. The van der Waals surface area contributed by atoms with Crippen molar-refractivity contribution < 1.29 is 34.0 Å². The lowest BCUT2D eigenvalue weighted by Gasteiger charge is -2.26. The number of nitrogens with one attached hydrogen (secondary N) is 1. The van der Waals surface area contributed by atoms with Crippen molar-refractivity contribution in [2.75, 3.05) is 25.4 Å². The van der Waals surface area contributed by atoms with Gasteiger partial charge in [-0.05, 0) is 25.4 Å². The van der Waals surface area contributed by atoms with Crippen LogP contribution >= 0.6 is 19.2 Å². The molecule has 0 aliphatic heterocycles. The molecule has 2 rings (SSSR count). The minimum absolute atomic E-state index is 0.0406. The summed E-state index contributed by atoms with van der Waals surface area (Å²) in [6.45, 7) is 3.44. The number of nitrogens with zero attached hydrogens (tertiary/aromatic N) is 4. The number of fused-ring (bicyclic) bond motifs is 1. The number of ether oxygens (including phenoxy) is 2. The molecule has 0 fully saturated rings. The summed E-state index contributed by atoms with van der Waals surface area (Å²) >= 11 is 5.96. The van der Waals surface area contributed by atoms with E-state index in [1.165, 1.54) is 18.0 Å². The van der Waals surface area contributed by atoms with Crippen molar-refractivity contribution in [1.29, 1.82) is 0 Å². The molecule has 0 aliphatic carbocycles. The van der Waals surface area contributed by atoms with Crippen molar-refractivity contribution >= 4 is 36.2 Å². The third-order valence-electron chi connectivity index (χ3n) is 3.64. The van der Waals surface area contributed by atoms with Gasteiger partial charge < -0.3 is 34.8 Å². The average Bonchev–Trinajstić information content (AvgIpc) is 3.00. The first-order valence-corrected chi connectivity index (χ1v) is 10.4. The van der Waals surface area contributed by atoms with E-state index in [1.807, 2.05) is 13.8 Å². The molecule has 3 atom stereocenters. The molecule has 28 heavy (non-hydrogen) atoms. The van der Waals surface area contributed by atoms with E-state index in [9.17, 15) is 14.8 Å². The largest absolute Gasteiger partial charge is 0.386 e. The van der Waals surface area contributed by atoms with Crippen molar-refractivity contribution in [1.82, 2.24) is 19.5 Å². The fraction of sp³-hybridized carbons (Fsp3) is 0.643. The van der Waals surface area contributed by atoms with Gasteiger partial charge in [0.2, 0.25) is 5.28 Å². The number of hydrogen-bond donors (Lipinski definition) is 5. The van der Waals surface area contributed by atoms with Crippen LogP contribution < -0.4 is 5.32 Å². The lowest BCUT2D eigenvalue weighted by atomic mass is 10.2. The molecular formula is C14H23ClN5O7P. The molecular weight excluding hydrogens is 417 g/mol. The highest BCUT2D eigenvalue weighted by Gasteiger charge is 2.30. The second-order valence-corrected chi connectivity index (χ2v) is 8.23. The van der Waals surface area contributed by atoms with E-state index in [1.54, 1.807) is 0 Å². The quantitative estimate of drug-likeness (QED) is 0.255. The van der Waals surface area contributed by atoms with Gasteiger partial charge in [-0.2, -0.15) is 9.97 Å². The molecule has 12 nitrogen and oxygen atoms in total. The first-order chi connectivity index (χ1) is 13.0. The number of aliphatic hydroxyl groups excluding tert-OH is 2. The van der Waals surface area contributed by atoms with Gasteiger partial charge in [0, 0.05) is 13.2 Å². The predicted molar refractivity (Wildman–Crippen MR) is 100 cm³/mol. The van der Waals surface area contributed by atoms with Gasteiger partial charge in [-0.3, -0.25) is 9.13 Å². The Bertz CT molecular complexity index is 845. The molecule has 2 aromatic rings. The lowest BCUT2D eigenvalue weighted by Crippen LogP contribution is -2.39. The maximum absolute atomic E-state index is 10.8. The molecule has 2 aromatic heterocycles. The Morgan fingerprint density at radius 1 is 1.32 bits per heavy atom. The normalized spacial score (nSPS) is 15.8. The topological polar surface area (TPSA) is 172 Å². The number of halogens is 1. The number of rotatable bonds is 10. The van der Waals surface area contributed by atoms with Gasteiger partial charge >= 0.3 is 7.60 Å². The van der Waals surface area contributed by atoms with Gasteiger partial charge in [-0.15, -0.1) is 0 Å². The van der Waals surface area contributed by atoms with Gasteiger partial charge in [0.05, 0.1) is 12.9 Å². The Kier molecular flexibility index (Phi) is 7.71. The Morgan fingerprint density at radius 2 is 2.00 bits per heavy atom. The summed E-state index contributed by atoms with van der Waals surface area (Å²) in [6, 6.07) is 0.0406. The van der Waals surface area contributed by atoms with Crippen molar-refractivity contribution in [2.24, 2.45) is 0 Å². The Balaban J connectivity index is 2.24. The maximum Gasteiger partial charge on any atom is 0.350 e. The zero-order chi connectivity index (χ0) is 21.1. The van der Waals surface area contributed by atoms with Crippen LogP contribution in [0.2, 0.25) is 5.28 Å². The van der Waals surface area contributed by atoms with Crippen LogP contribution in [0.4, 0.5) is 5.82 Å². The zero-order valence-electron chi connectivity index (χ0n) is 15.4. The minimum Gasteiger partial charge on any atom is -0.386 e. The van der Waals surface area contributed by atoms with E-state index < -0.39 is 32.4 Å². The van der Waals surface area contributed by atoms with E-state index in [4.69, 9.17) is 30.9 Å². The van der Waals surface area contributed by atoms with Crippen molar-refractivity contribution in [3.05, 3.63) is 11.6 Å². The van der Waals surface area contributed by atoms with Gasteiger partial charge in [-0.25, -0.2) is 4.98 Å². The van der Waals surface area contributed by atoms with Crippen LogP contribution in [0.3, 0.4) is 0 Å². The van der Waals surface area contributed by atoms with E-state index in [2.05, 4.69) is 20.3 Å². The predicted octanol–water partition coefficient (Wildman–Crippen LogP) is 0.319. The first-order valence-electron chi connectivity index (χ1n) is 8.21. The number of methoxy groups -OCH3 is 1. The molecule has 158 valence electrons. The van der Waals surface area contributed by atoms with Gasteiger partial charge in [0.1, 0.15) is 18.6 Å². The summed E-state index contributed by atoms with van der Waals surface area (Å²) in [5, 5.41) is 24.0. The van der Waals surface area contributed by atoms with Crippen LogP contribution in [-0.2, 0) is 14.0 Å². The number of anilines is 1. The third kappa shape index (κ3) is 5.82. The monoisotopic (exact) mass is 439 g/mol. The molecule has 0 amide bonds. The summed E-state index contributed by atoms with van der Waals surface area (Å²) in [6.07, 6.45) is -3.72. The molecule has 0 saturated heterocycles. The Labute approximate surface area is 165 Å². The molecule has 5 N–H and O–H groups in total. The molecule has 14 heteroatoms. The summed E-state index contributed by atoms with van der Waals surface area (Å²) < 4.78 is 22.0. The molecule has 0 spiro atoms. The van der Waals surface area contributed by atoms with Crippen LogP contribution in [0.15, 0.2) is 6.33 Å². The summed E-state index contributed by atoms with van der Waals surface area (Å²) in [5.41, 5.74) is 0.525. The van der Waals surface area contributed by atoms with E-state index in [-0.39, 0.29) is 23.6 Å². The van der Waals surface area contributed by atoms with Crippen molar-refractivity contribution in [2.45, 2.75) is 38.3 Å². The molecule has 2 heterocycles. The zero-order valence-corrected chi connectivity index (χ0v) is 17.1. The Hall–Kier alpha value is -1.37. The highest BCUT2D eigenvalue weighted by Crippen LogP contribution is 2.34. The molecule has 0 unspecified atom stereocenters. The maximum atomic E-state index is 10.8. The van der Waals surface area contributed by atoms with E-state index in [0.29, 0.717) is 11.3 Å². The summed E-state index contributed by atoms with van der Waals surface area (Å²) in [7, 11) is -3.10. The Morgan fingerprint density at radius 3 is 2.57 bits per heavy atom. The van der Waals surface area contributed by atoms with Gasteiger partial charge in [-0.1, -0.05) is 0 Å². The van der Waals surface area contributed by atoms with Crippen LogP contribution in [0.5, 0.6) is 0 Å². The standard InChI is InChI=1S/C14H23ClN5O7P/c1-7(2)17-11-9-12(19-14(15)18-11)20(5-16-9)13(22)10(21)8(26-3)4-27-6-28(23,24)25/h5,7-8,10,13,21-22H,4,6H2,1-3H3,(H,17,18,19)(H2,23,24,25)/t8-,10-,13-/m1/s1. The number of aliphatic hydroxyl groups is 2. The van der Waals surface area contributed by atoms with E-state index in [0.717, 1.165) is 0 Å². The average molecular weight is 440 g/mol. The highest BCUT2D eigenvalue weighted by molar-refractivity contribution is 7.51. The molecule has 0 radical (unpaired) electrons. The number of hydrogen-bond acceptors (Lipinski definition) is 9. The minimum atomic E-state index is -4.37. The number of aromatic nitrogens is 4. The van der Waals surface area contributed by atoms with Crippen LogP contribution in [0.25, 0.3) is 11.2 Å². The highest BCUT2D eigenvalue weighted by atomic mass is 35.5. The SMILES string of the molecule is CO[C@H](COCP(=O)(O)O)[C@@H](O)[C@@H](O)n1cnc2c(NC(C)C)nc(Cl)nc21. The second kappa shape index (κ2) is 9.42. The molecule has 0 aromatic carbocycles. The molecule has 0 saturated carbocycles. The van der Waals surface area contributed by atoms with Crippen molar-refractivity contribution in [3.8, 4) is 0 Å². The fourth-order valence-electron chi connectivity index (χ4n) is 2.41. The van der Waals surface area contributed by atoms with Crippen LogP contribution in [0, 0.1) is 0 Å². The second-order valence-electron chi connectivity index (χ2n) is 6.31.